The molecule has 0 saturated carbocycles. The van der Waals surface area contributed by atoms with Crippen molar-refractivity contribution in [2.75, 3.05) is 26.0 Å². The van der Waals surface area contributed by atoms with Crippen LogP contribution in [0.3, 0.4) is 0 Å². The van der Waals surface area contributed by atoms with Gasteiger partial charge >= 0.3 is 0 Å². The van der Waals surface area contributed by atoms with Crippen LogP contribution < -0.4 is 4.74 Å². The standard InChI is InChI=1S/C13H17NO3S/c1-17-11-2-4-12(5-3-11)18-9-13(16)14-7-6-10(15)8-14/h2-5,10,15H,6-9H2,1H3. The van der Waals surface area contributed by atoms with Crippen LogP contribution in [-0.4, -0.2) is 48.0 Å². The molecule has 1 fully saturated rings. The number of hydrogen-bond acceptors (Lipinski definition) is 4. The highest BCUT2D eigenvalue weighted by molar-refractivity contribution is 8.00. The normalized spacial score (nSPS) is 19.0. The second kappa shape index (κ2) is 6.11. The number of ether oxygens (including phenoxy) is 1. The van der Waals surface area contributed by atoms with E-state index in [-0.39, 0.29) is 12.0 Å². The zero-order valence-electron chi connectivity index (χ0n) is 10.3. The second-order valence-electron chi connectivity index (χ2n) is 4.25. The third-order valence-electron chi connectivity index (χ3n) is 2.94. The Morgan fingerprint density at radius 1 is 1.50 bits per heavy atom. The summed E-state index contributed by atoms with van der Waals surface area (Å²) < 4.78 is 5.08. The molecule has 1 unspecified atom stereocenters. The number of likely N-dealkylation sites (tertiary alicyclic amines) is 1. The average Bonchev–Trinajstić information content (AvgIpc) is 2.83. The Bertz CT molecular complexity index is 407. The molecule has 2 rings (SSSR count). The van der Waals surface area contributed by atoms with Crippen LogP contribution in [0, 0.1) is 0 Å². The molecule has 1 aliphatic rings. The van der Waals surface area contributed by atoms with Gasteiger partial charge in [0.05, 0.1) is 19.0 Å². The highest BCUT2D eigenvalue weighted by atomic mass is 32.2. The zero-order chi connectivity index (χ0) is 13.0. The van der Waals surface area contributed by atoms with Gasteiger partial charge in [0, 0.05) is 18.0 Å². The first-order valence-electron chi connectivity index (χ1n) is 5.91. The van der Waals surface area contributed by atoms with E-state index in [1.165, 1.54) is 11.8 Å². The number of methoxy groups -OCH3 is 1. The number of β-amino-alcohol motifs (C(OH)–C–C–N with tert-alkyl or cyclic N) is 1. The summed E-state index contributed by atoms with van der Waals surface area (Å²) in [6, 6.07) is 7.64. The van der Waals surface area contributed by atoms with Crippen molar-refractivity contribution in [2.45, 2.75) is 17.4 Å². The highest BCUT2D eigenvalue weighted by Gasteiger charge is 2.24. The molecular weight excluding hydrogens is 250 g/mol. The largest absolute Gasteiger partial charge is 0.497 e. The van der Waals surface area contributed by atoms with Crippen molar-refractivity contribution in [1.82, 2.24) is 4.90 Å². The molecule has 18 heavy (non-hydrogen) atoms. The fourth-order valence-corrected chi connectivity index (χ4v) is 2.68. The number of hydrogen-bond donors (Lipinski definition) is 1. The van der Waals surface area contributed by atoms with Gasteiger partial charge in [0.15, 0.2) is 0 Å². The van der Waals surface area contributed by atoms with Crippen LogP contribution in [0.2, 0.25) is 0 Å². The van der Waals surface area contributed by atoms with Gasteiger partial charge < -0.3 is 14.7 Å². The molecule has 0 radical (unpaired) electrons. The molecule has 0 aliphatic carbocycles. The maximum absolute atomic E-state index is 11.9. The monoisotopic (exact) mass is 267 g/mol. The van der Waals surface area contributed by atoms with Crippen LogP contribution in [-0.2, 0) is 4.79 Å². The maximum atomic E-state index is 11.9. The van der Waals surface area contributed by atoms with E-state index in [0.717, 1.165) is 10.6 Å². The molecule has 1 aromatic rings. The van der Waals surface area contributed by atoms with Gasteiger partial charge in [-0.15, -0.1) is 11.8 Å². The van der Waals surface area contributed by atoms with Gasteiger partial charge in [-0.05, 0) is 30.7 Å². The average molecular weight is 267 g/mol. The predicted octanol–water partition coefficient (Wildman–Crippen LogP) is 1.38. The lowest BCUT2D eigenvalue weighted by Gasteiger charge is -2.15. The first-order valence-corrected chi connectivity index (χ1v) is 6.90. The molecule has 1 aromatic carbocycles. The van der Waals surface area contributed by atoms with E-state index in [9.17, 15) is 9.90 Å². The lowest BCUT2D eigenvalue weighted by Crippen LogP contribution is -2.30. The molecule has 0 bridgehead atoms. The van der Waals surface area contributed by atoms with Crippen LogP contribution in [0.4, 0.5) is 0 Å². The number of benzene rings is 1. The van der Waals surface area contributed by atoms with E-state index in [4.69, 9.17) is 4.74 Å². The van der Waals surface area contributed by atoms with Gasteiger partial charge in [0.1, 0.15) is 5.75 Å². The molecule has 1 aliphatic heterocycles. The Balaban J connectivity index is 1.81. The van der Waals surface area contributed by atoms with Crippen molar-refractivity contribution >= 4 is 17.7 Å². The van der Waals surface area contributed by atoms with E-state index in [1.54, 1.807) is 12.0 Å². The van der Waals surface area contributed by atoms with Gasteiger partial charge in [0.2, 0.25) is 5.91 Å². The van der Waals surface area contributed by atoms with E-state index in [0.29, 0.717) is 25.3 Å². The topological polar surface area (TPSA) is 49.8 Å². The van der Waals surface area contributed by atoms with E-state index in [1.807, 2.05) is 24.3 Å². The van der Waals surface area contributed by atoms with E-state index >= 15 is 0 Å². The fourth-order valence-electron chi connectivity index (χ4n) is 1.88. The first kappa shape index (κ1) is 13.2. The van der Waals surface area contributed by atoms with Crippen LogP contribution >= 0.6 is 11.8 Å². The van der Waals surface area contributed by atoms with Gasteiger partial charge in [-0.25, -0.2) is 0 Å². The summed E-state index contributed by atoms with van der Waals surface area (Å²) in [7, 11) is 1.63. The highest BCUT2D eigenvalue weighted by Crippen LogP contribution is 2.22. The summed E-state index contributed by atoms with van der Waals surface area (Å²) in [5, 5.41) is 9.38. The number of carbonyl (C=O) groups is 1. The molecule has 5 heteroatoms. The minimum atomic E-state index is -0.347. The van der Waals surface area contributed by atoms with Crippen LogP contribution in [0.15, 0.2) is 29.2 Å². The van der Waals surface area contributed by atoms with Gasteiger partial charge in [-0.1, -0.05) is 0 Å². The first-order chi connectivity index (χ1) is 8.69. The lowest BCUT2D eigenvalue weighted by molar-refractivity contribution is -0.127. The molecule has 1 N–H and O–H groups in total. The van der Waals surface area contributed by atoms with E-state index in [2.05, 4.69) is 0 Å². The van der Waals surface area contributed by atoms with Crippen molar-refractivity contribution in [3.05, 3.63) is 24.3 Å². The Labute approximate surface area is 111 Å². The molecule has 1 amide bonds. The Kier molecular flexibility index (Phi) is 4.49. The fraction of sp³-hybridized carbons (Fsp3) is 0.462. The zero-order valence-corrected chi connectivity index (χ0v) is 11.2. The lowest BCUT2D eigenvalue weighted by atomic mass is 10.3. The Morgan fingerprint density at radius 2 is 2.22 bits per heavy atom. The maximum Gasteiger partial charge on any atom is 0.233 e. The smallest absolute Gasteiger partial charge is 0.233 e. The molecule has 1 atom stereocenters. The Hall–Kier alpha value is -1.20. The van der Waals surface area contributed by atoms with Crippen molar-refractivity contribution in [2.24, 2.45) is 0 Å². The van der Waals surface area contributed by atoms with Crippen molar-refractivity contribution in [3.8, 4) is 5.75 Å². The van der Waals surface area contributed by atoms with Crippen molar-refractivity contribution in [1.29, 1.82) is 0 Å². The molecule has 1 heterocycles. The molecule has 0 aromatic heterocycles. The van der Waals surface area contributed by atoms with Crippen molar-refractivity contribution in [3.63, 3.8) is 0 Å². The van der Waals surface area contributed by atoms with Crippen molar-refractivity contribution < 1.29 is 14.6 Å². The summed E-state index contributed by atoms with van der Waals surface area (Å²) in [6.07, 6.45) is 0.346. The van der Waals surface area contributed by atoms with Gasteiger partial charge in [0.25, 0.3) is 0 Å². The number of rotatable bonds is 4. The molecule has 0 spiro atoms. The minimum Gasteiger partial charge on any atom is -0.497 e. The number of thioether (sulfide) groups is 1. The molecule has 98 valence electrons. The molecular formula is C13H17NO3S. The summed E-state index contributed by atoms with van der Waals surface area (Å²) in [6.45, 7) is 1.14. The summed E-state index contributed by atoms with van der Waals surface area (Å²) >= 11 is 1.51. The third kappa shape index (κ3) is 3.40. The second-order valence-corrected chi connectivity index (χ2v) is 5.30. The number of aliphatic hydroxyl groups is 1. The number of aliphatic hydroxyl groups excluding tert-OH is 1. The van der Waals surface area contributed by atoms with Crippen LogP contribution in [0.5, 0.6) is 5.75 Å². The number of nitrogens with zero attached hydrogens (tertiary/aromatic N) is 1. The number of amides is 1. The minimum absolute atomic E-state index is 0.0902. The predicted molar refractivity (Wildman–Crippen MR) is 70.9 cm³/mol. The van der Waals surface area contributed by atoms with E-state index < -0.39 is 0 Å². The molecule has 4 nitrogen and oxygen atoms in total. The summed E-state index contributed by atoms with van der Waals surface area (Å²) in [4.78, 5) is 14.6. The quantitative estimate of drug-likeness (QED) is 0.837. The Morgan fingerprint density at radius 3 is 2.78 bits per heavy atom. The molecule has 1 saturated heterocycles. The van der Waals surface area contributed by atoms with Gasteiger partial charge in [-0.3, -0.25) is 4.79 Å². The number of carbonyl (C=O) groups excluding carboxylic acids is 1. The van der Waals surface area contributed by atoms with Crippen LogP contribution in [0.25, 0.3) is 0 Å². The SMILES string of the molecule is COc1ccc(SCC(=O)N2CCC(O)C2)cc1. The van der Waals surface area contributed by atoms with Gasteiger partial charge in [-0.2, -0.15) is 0 Å². The summed E-state index contributed by atoms with van der Waals surface area (Å²) in [5.41, 5.74) is 0. The van der Waals surface area contributed by atoms with Crippen LogP contribution in [0.1, 0.15) is 6.42 Å². The summed E-state index contributed by atoms with van der Waals surface area (Å²) in [5.74, 6) is 1.32. The third-order valence-corrected chi connectivity index (χ3v) is 3.93.